The summed E-state index contributed by atoms with van der Waals surface area (Å²) in [7, 11) is -3.04. The molecule has 0 aliphatic heterocycles. The molecule has 17 heavy (non-hydrogen) atoms. The van der Waals surface area contributed by atoms with Gasteiger partial charge in [-0.25, -0.2) is 8.42 Å². The molecule has 0 spiro atoms. The Morgan fingerprint density at radius 2 is 1.82 bits per heavy atom. The molecule has 1 saturated carbocycles. The van der Waals surface area contributed by atoms with E-state index in [1.807, 2.05) is 11.8 Å². The van der Waals surface area contributed by atoms with Crippen LogP contribution in [-0.2, 0) is 14.6 Å². The fraction of sp³-hybridized carbons (Fsp3) is 0.917. The number of carbonyl (C=O) groups excluding carboxylic acids is 1. The van der Waals surface area contributed by atoms with Crippen LogP contribution in [0.4, 0.5) is 0 Å². The molecule has 1 rings (SSSR count). The summed E-state index contributed by atoms with van der Waals surface area (Å²) in [6.45, 7) is 2.65. The summed E-state index contributed by atoms with van der Waals surface area (Å²) in [5.41, 5.74) is 0. The molecule has 0 radical (unpaired) electrons. The van der Waals surface area contributed by atoms with Crippen molar-refractivity contribution in [1.82, 2.24) is 4.90 Å². The van der Waals surface area contributed by atoms with Gasteiger partial charge < -0.3 is 4.90 Å². The van der Waals surface area contributed by atoms with Crippen LogP contribution < -0.4 is 0 Å². The molecule has 0 N–H and O–H groups in total. The first-order valence-corrected chi connectivity index (χ1v) is 8.47. The van der Waals surface area contributed by atoms with Crippen molar-refractivity contribution in [2.45, 2.75) is 51.5 Å². The van der Waals surface area contributed by atoms with E-state index in [1.165, 1.54) is 25.5 Å². The van der Waals surface area contributed by atoms with Crippen molar-refractivity contribution in [3.8, 4) is 0 Å². The number of amides is 1. The van der Waals surface area contributed by atoms with Crippen LogP contribution in [0, 0.1) is 0 Å². The smallest absolute Gasteiger partial charge is 0.223 e. The number of nitrogens with zero attached hydrogens (tertiary/aromatic N) is 1. The van der Waals surface area contributed by atoms with Crippen LogP contribution in [-0.4, -0.2) is 43.8 Å². The Bertz CT molecular complexity index is 345. The Morgan fingerprint density at radius 1 is 1.24 bits per heavy atom. The molecule has 0 atom stereocenters. The Morgan fingerprint density at radius 3 is 2.29 bits per heavy atom. The SMILES string of the molecule is CCN(C(=O)CCS(C)(=O)=O)C1CCCCC1. The van der Waals surface area contributed by atoms with E-state index in [2.05, 4.69) is 0 Å². The highest BCUT2D eigenvalue weighted by molar-refractivity contribution is 7.90. The molecule has 1 amide bonds. The van der Waals surface area contributed by atoms with E-state index < -0.39 is 9.84 Å². The normalized spacial score (nSPS) is 18.0. The maximum Gasteiger partial charge on any atom is 0.223 e. The largest absolute Gasteiger partial charge is 0.340 e. The molecule has 100 valence electrons. The minimum absolute atomic E-state index is 0.00942. The molecular formula is C12H23NO3S. The van der Waals surface area contributed by atoms with Crippen LogP contribution in [0.25, 0.3) is 0 Å². The van der Waals surface area contributed by atoms with E-state index >= 15 is 0 Å². The maximum absolute atomic E-state index is 12.0. The molecule has 5 heteroatoms. The Kier molecular flexibility index (Phi) is 5.43. The summed E-state index contributed by atoms with van der Waals surface area (Å²) in [6.07, 6.45) is 7.06. The third kappa shape index (κ3) is 5.06. The lowest BCUT2D eigenvalue weighted by atomic mass is 9.94. The van der Waals surface area contributed by atoms with E-state index in [1.54, 1.807) is 0 Å². The van der Waals surface area contributed by atoms with Gasteiger partial charge in [0.05, 0.1) is 5.75 Å². The van der Waals surface area contributed by atoms with Gasteiger partial charge in [0.25, 0.3) is 0 Å². The summed E-state index contributed by atoms with van der Waals surface area (Å²) in [5.74, 6) is -0.0421. The third-order valence-electron chi connectivity index (χ3n) is 3.36. The zero-order chi connectivity index (χ0) is 12.9. The lowest BCUT2D eigenvalue weighted by Gasteiger charge is -2.33. The Balaban J connectivity index is 2.51. The standard InChI is InChI=1S/C12H23NO3S/c1-3-13(11-7-5-4-6-8-11)12(14)9-10-17(2,15)16/h11H,3-10H2,1-2H3. The lowest BCUT2D eigenvalue weighted by Crippen LogP contribution is -2.41. The van der Waals surface area contributed by atoms with Gasteiger partial charge >= 0.3 is 0 Å². The van der Waals surface area contributed by atoms with E-state index in [9.17, 15) is 13.2 Å². The van der Waals surface area contributed by atoms with Crippen molar-refractivity contribution in [3.63, 3.8) is 0 Å². The summed E-state index contributed by atoms with van der Waals surface area (Å²) < 4.78 is 22.1. The van der Waals surface area contributed by atoms with Crippen LogP contribution in [0.5, 0.6) is 0 Å². The molecule has 1 aliphatic rings. The second-order valence-corrected chi connectivity index (χ2v) is 7.11. The van der Waals surface area contributed by atoms with Gasteiger partial charge in [-0.15, -0.1) is 0 Å². The molecule has 0 heterocycles. The van der Waals surface area contributed by atoms with Crippen LogP contribution in [0.1, 0.15) is 45.4 Å². The van der Waals surface area contributed by atoms with Crippen LogP contribution in [0.3, 0.4) is 0 Å². The molecule has 0 aromatic rings. The minimum atomic E-state index is -3.04. The van der Waals surface area contributed by atoms with Gasteiger partial charge in [-0.2, -0.15) is 0 Å². The molecule has 0 aromatic carbocycles. The van der Waals surface area contributed by atoms with Gasteiger partial charge in [0, 0.05) is 25.3 Å². The van der Waals surface area contributed by atoms with Crippen molar-refractivity contribution in [2.24, 2.45) is 0 Å². The van der Waals surface area contributed by atoms with Gasteiger partial charge in [0.15, 0.2) is 0 Å². The second kappa shape index (κ2) is 6.38. The van der Waals surface area contributed by atoms with Crippen molar-refractivity contribution in [3.05, 3.63) is 0 Å². The molecule has 4 nitrogen and oxygen atoms in total. The molecule has 0 aromatic heterocycles. The maximum atomic E-state index is 12.0. The zero-order valence-corrected chi connectivity index (χ0v) is 11.6. The van der Waals surface area contributed by atoms with E-state index in [-0.39, 0.29) is 18.1 Å². The number of carbonyl (C=O) groups is 1. The molecule has 0 saturated heterocycles. The second-order valence-electron chi connectivity index (χ2n) is 4.85. The quantitative estimate of drug-likeness (QED) is 0.755. The van der Waals surface area contributed by atoms with Gasteiger partial charge in [-0.1, -0.05) is 19.3 Å². The van der Waals surface area contributed by atoms with E-state index in [4.69, 9.17) is 0 Å². The average molecular weight is 261 g/mol. The summed E-state index contributed by atoms with van der Waals surface area (Å²) >= 11 is 0. The van der Waals surface area contributed by atoms with Crippen molar-refractivity contribution in [1.29, 1.82) is 0 Å². The minimum Gasteiger partial charge on any atom is -0.340 e. The fourth-order valence-electron chi connectivity index (χ4n) is 2.45. The number of hydrogen-bond donors (Lipinski definition) is 0. The molecule has 0 unspecified atom stereocenters. The average Bonchev–Trinajstić information content (AvgIpc) is 2.28. The first-order valence-electron chi connectivity index (χ1n) is 6.41. The summed E-state index contributed by atoms with van der Waals surface area (Å²) in [6, 6.07) is 0.334. The van der Waals surface area contributed by atoms with Crippen molar-refractivity contribution >= 4 is 15.7 Å². The van der Waals surface area contributed by atoms with Gasteiger partial charge in [-0.3, -0.25) is 4.79 Å². The lowest BCUT2D eigenvalue weighted by molar-refractivity contribution is -0.133. The number of sulfone groups is 1. The van der Waals surface area contributed by atoms with E-state index in [0.717, 1.165) is 12.8 Å². The number of hydrogen-bond acceptors (Lipinski definition) is 3. The predicted molar refractivity (Wildman–Crippen MR) is 68.6 cm³/mol. The number of rotatable bonds is 5. The van der Waals surface area contributed by atoms with E-state index in [0.29, 0.717) is 12.6 Å². The summed E-state index contributed by atoms with van der Waals surface area (Å²) in [4.78, 5) is 13.8. The van der Waals surface area contributed by atoms with Gasteiger partial charge in [-0.05, 0) is 19.8 Å². The highest BCUT2D eigenvalue weighted by Gasteiger charge is 2.24. The zero-order valence-electron chi connectivity index (χ0n) is 10.8. The molecule has 1 fully saturated rings. The van der Waals surface area contributed by atoms with Crippen molar-refractivity contribution < 1.29 is 13.2 Å². The highest BCUT2D eigenvalue weighted by atomic mass is 32.2. The third-order valence-corrected chi connectivity index (χ3v) is 4.31. The predicted octanol–water partition coefficient (Wildman–Crippen LogP) is 1.60. The topological polar surface area (TPSA) is 54.5 Å². The Hall–Kier alpha value is -0.580. The van der Waals surface area contributed by atoms with Gasteiger partial charge in [0.2, 0.25) is 5.91 Å². The first-order chi connectivity index (χ1) is 7.94. The summed E-state index contributed by atoms with van der Waals surface area (Å²) in [5, 5.41) is 0. The fourth-order valence-corrected chi connectivity index (χ4v) is 2.99. The molecular weight excluding hydrogens is 238 g/mol. The van der Waals surface area contributed by atoms with Crippen LogP contribution >= 0.6 is 0 Å². The molecule has 0 bridgehead atoms. The van der Waals surface area contributed by atoms with Crippen LogP contribution in [0.2, 0.25) is 0 Å². The first kappa shape index (κ1) is 14.5. The van der Waals surface area contributed by atoms with Crippen LogP contribution in [0.15, 0.2) is 0 Å². The molecule has 1 aliphatic carbocycles. The highest BCUT2D eigenvalue weighted by Crippen LogP contribution is 2.22. The Labute approximate surface area is 104 Å². The van der Waals surface area contributed by atoms with Crippen molar-refractivity contribution in [2.75, 3.05) is 18.6 Å². The van der Waals surface area contributed by atoms with Gasteiger partial charge in [0.1, 0.15) is 9.84 Å². The monoisotopic (exact) mass is 261 g/mol.